The number of nitrogens with zero attached hydrogens (tertiary/aromatic N) is 1. The van der Waals surface area contributed by atoms with Crippen LogP contribution in [-0.2, 0) is 22.6 Å². The van der Waals surface area contributed by atoms with Gasteiger partial charge in [-0.05, 0) is 67.9 Å². The molecule has 4 nitrogen and oxygen atoms in total. The molecule has 1 saturated carbocycles. The van der Waals surface area contributed by atoms with E-state index in [4.69, 9.17) is 0 Å². The van der Waals surface area contributed by atoms with Crippen LogP contribution in [0.3, 0.4) is 0 Å². The van der Waals surface area contributed by atoms with Gasteiger partial charge in [-0.25, -0.2) is 0 Å². The van der Waals surface area contributed by atoms with Crippen LogP contribution in [0.4, 0.5) is 0 Å². The van der Waals surface area contributed by atoms with E-state index in [1.54, 1.807) is 4.90 Å². The van der Waals surface area contributed by atoms with Crippen LogP contribution in [0.5, 0.6) is 0 Å². The molecule has 1 aliphatic rings. The van der Waals surface area contributed by atoms with Crippen molar-refractivity contribution in [2.75, 3.05) is 0 Å². The minimum absolute atomic E-state index is 0.0000666. The molecule has 2 aromatic rings. The molecule has 31 heavy (non-hydrogen) atoms. The summed E-state index contributed by atoms with van der Waals surface area (Å²) in [5.41, 5.74) is 5.62. The monoisotopic (exact) mass is 420 g/mol. The summed E-state index contributed by atoms with van der Waals surface area (Å²) in [6.45, 7) is 8.64. The van der Waals surface area contributed by atoms with Crippen molar-refractivity contribution < 1.29 is 9.59 Å². The van der Waals surface area contributed by atoms with Gasteiger partial charge in [-0.3, -0.25) is 9.59 Å². The van der Waals surface area contributed by atoms with Gasteiger partial charge in [0.25, 0.3) is 0 Å². The number of nitrogens with one attached hydrogen (secondary N) is 1. The fraction of sp³-hybridized carbons (Fsp3) is 0.481. The number of amides is 2. The number of hydrogen-bond donors (Lipinski definition) is 1. The van der Waals surface area contributed by atoms with E-state index >= 15 is 0 Å². The Kier molecular flexibility index (Phi) is 7.89. The average molecular weight is 421 g/mol. The van der Waals surface area contributed by atoms with Crippen LogP contribution in [0.2, 0.25) is 0 Å². The van der Waals surface area contributed by atoms with Gasteiger partial charge < -0.3 is 10.2 Å². The van der Waals surface area contributed by atoms with Crippen LogP contribution in [0, 0.1) is 20.8 Å². The second kappa shape index (κ2) is 10.6. The number of benzene rings is 2. The first-order valence-corrected chi connectivity index (χ1v) is 11.6. The molecule has 0 aromatic heterocycles. The Balaban J connectivity index is 1.84. The quantitative estimate of drug-likeness (QED) is 0.652. The standard InChI is InChI=1S/C27H36N2O2/c1-5-25(27(31)28-24-12-8-9-13-24)29(18-23-11-7-6-10-20(23)3)26(30)17-22-15-14-19(2)21(4)16-22/h6-7,10-11,14-16,24-25H,5,8-9,12-13,17-18H2,1-4H3,(H,28,31). The van der Waals surface area contributed by atoms with E-state index in [0.29, 0.717) is 19.4 Å². The summed E-state index contributed by atoms with van der Waals surface area (Å²) in [5, 5.41) is 3.21. The molecule has 0 spiro atoms. The summed E-state index contributed by atoms with van der Waals surface area (Å²) in [4.78, 5) is 28.5. The van der Waals surface area contributed by atoms with E-state index in [2.05, 4.69) is 44.3 Å². The maximum absolute atomic E-state index is 13.5. The van der Waals surface area contributed by atoms with Gasteiger partial charge in [0.1, 0.15) is 6.04 Å². The Hall–Kier alpha value is -2.62. The van der Waals surface area contributed by atoms with Crippen molar-refractivity contribution in [2.45, 2.75) is 84.8 Å². The van der Waals surface area contributed by atoms with Gasteiger partial charge >= 0.3 is 0 Å². The lowest BCUT2D eigenvalue weighted by Gasteiger charge is -2.32. The zero-order valence-corrected chi connectivity index (χ0v) is 19.4. The molecular weight excluding hydrogens is 384 g/mol. The molecule has 3 rings (SSSR count). The van der Waals surface area contributed by atoms with Gasteiger partial charge in [0.15, 0.2) is 0 Å². The number of rotatable bonds is 8. The number of carbonyl (C=O) groups excluding carboxylic acids is 2. The third-order valence-electron chi connectivity index (χ3n) is 6.62. The summed E-state index contributed by atoms with van der Waals surface area (Å²) in [6, 6.07) is 14.1. The van der Waals surface area contributed by atoms with Crippen molar-refractivity contribution in [3.05, 3.63) is 70.3 Å². The second-order valence-electron chi connectivity index (χ2n) is 8.96. The summed E-state index contributed by atoms with van der Waals surface area (Å²) < 4.78 is 0. The van der Waals surface area contributed by atoms with Crippen molar-refractivity contribution in [1.82, 2.24) is 10.2 Å². The van der Waals surface area contributed by atoms with E-state index in [-0.39, 0.29) is 17.9 Å². The Morgan fingerprint density at radius 2 is 1.71 bits per heavy atom. The molecule has 1 fully saturated rings. The molecule has 0 bridgehead atoms. The van der Waals surface area contributed by atoms with Gasteiger partial charge in [0, 0.05) is 12.6 Å². The van der Waals surface area contributed by atoms with Crippen molar-refractivity contribution in [3.8, 4) is 0 Å². The van der Waals surface area contributed by atoms with Crippen LogP contribution < -0.4 is 5.32 Å². The maximum atomic E-state index is 13.5. The van der Waals surface area contributed by atoms with Crippen LogP contribution in [0.1, 0.15) is 66.8 Å². The minimum atomic E-state index is -0.459. The second-order valence-corrected chi connectivity index (χ2v) is 8.96. The first-order chi connectivity index (χ1) is 14.9. The van der Waals surface area contributed by atoms with E-state index < -0.39 is 6.04 Å². The highest BCUT2D eigenvalue weighted by Gasteiger charge is 2.30. The first-order valence-electron chi connectivity index (χ1n) is 11.6. The largest absolute Gasteiger partial charge is 0.352 e. The summed E-state index contributed by atoms with van der Waals surface area (Å²) in [6.07, 6.45) is 5.32. The highest BCUT2D eigenvalue weighted by Crippen LogP contribution is 2.21. The lowest BCUT2D eigenvalue weighted by atomic mass is 10.0. The van der Waals surface area contributed by atoms with Gasteiger partial charge in [-0.2, -0.15) is 0 Å². The molecule has 0 saturated heterocycles. The van der Waals surface area contributed by atoms with Crippen LogP contribution in [-0.4, -0.2) is 28.8 Å². The Morgan fingerprint density at radius 1 is 1.00 bits per heavy atom. The molecule has 1 aliphatic carbocycles. The molecule has 2 amide bonds. The third-order valence-corrected chi connectivity index (χ3v) is 6.62. The third kappa shape index (κ3) is 5.96. The molecule has 0 radical (unpaired) electrons. The fourth-order valence-corrected chi connectivity index (χ4v) is 4.45. The molecule has 1 unspecified atom stereocenters. The van der Waals surface area contributed by atoms with Crippen molar-refractivity contribution in [3.63, 3.8) is 0 Å². The highest BCUT2D eigenvalue weighted by molar-refractivity contribution is 5.88. The topological polar surface area (TPSA) is 49.4 Å². The molecule has 1 N–H and O–H groups in total. The predicted octanol–water partition coefficient (Wildman–Crippen LogP) is 5.02. The Labute approximate surface area is 187 Å². The SMILES string of the molecule is CCC(C(=O)NC1CCCC1)N(Cc1ccccc1C)C(=O)Cc1ccc(C)c(C)c1. The zero-order valence-electron chi connectivity index (χ0n) is 19.4. The van der Waals surface area contributed by atoms with Crippen molar-refractivity contribution in [2.24, 2.45) is 0 Å². The van der Waals surface area contributed by atoms with Gasteiger partial charge in [-0.15, -0.1) is 0 Å². The Bertz CT molecular complexity index is 915. The summed E-state index contributed by atoms with van der Waals surface area (Å²) >= 11 is 0. The first kappa shape index (κ1) is 23.1. The highest BCUT2D eigenvalue weighted by atomic mass is 16.2. The van der Waals surface area contributed by atoms with E-state index in [1.807, 2.05) is 31.2 Å². The van der Waals surface area contributed by atoms with E-state index in [1.165, 1.54) is 24.0 Å². The van der Waals surface area contributed by atoms with E-state index in [0.717, 1.165) is 29.5 Å². The van der Waals surface area contributed by atoms with Crippen LogP contribution in [0.15, 0.2) is 42.5 Å². The van der Waals surface area contributed by atoms with Crippen LogP contribution in [0.25, 0.3) is 0 Å². The molecule has 4 heteroatoms. The molecule has 2 aromatic carbocycles. The van der Waals surface area contributed by atoms with Crippen LogP contribution >= 0.6 is 0 Å². The smallest absolute Gasteiger partial charge is 0.243 e. The molecule has 166 valence electrons. The maximum Gasteiger partial charge on any atom is 0.243 e. The number of aryl methyl sites for hydroxylation is 3. The predicted molar refractivity (Wildman–Crippen MR) is 126 cm³/mol. The van der Waals surface area contributed by atoms with Crippen molar-refractivity contribution in [1.29, 1.82) is 0 Å². The number of carbonyl (C=O) groups is 2. The molecule has 0 aliphatic heterocycles. The average Bonchev–Trinajstić information content (AvgIpc) is 3.25. The minimum Gasteiger partial charge on any atom is -0.352 e. The molecular formula is C27H36N2O2. The normalized spacial score (nSPS) is 15.0. The van der Waals surface area contributed by atoms with Crippen molar-refractivity contribution >= 4 is 11.8 Å². The van der Waals surface area contributed by atoms with Gasteiger partial charge in [-0.1, -0.05) is 62.2 Å². The van der Waals surface area contributed by atoms with Gasteiger partial charge in [0.2, 0.25) is 11.8 Å². The lowest BCUT2D eigenvalue weighted by Crippen LogP contribution is -2.51. The fourth-order valence-electron chi connectivity index (χ4n) is 4.45. The number of hydrogen-bond acceptors (Lipinski definition) is 2. The summed E-state index contributed by atoms with van der Waals surface area (Å²) in [5.74, 6) is -0.0173. The summed E-state index contributed by atoms with van der Waals surface area (Å²) in [7, 11) is 0. The Morgan fingerprint density at radius 3 is 2.35 bits per heavy atom. The lowest BCUT2D eigenvalue weighted by molar-refractivity contribution is -0.141. The molecule has 0 heterocycles. The van der Waals surface area contributed by atoms with Gasteiger partial charge in [0.05, 0.1) is 6.42 Å². The molecule has 1 atom stereocenters. The zero-order chi connectivity index (χ0) is 22.4. The van der Waals surface area contributed by atoms with E-state index in [9.17, 15) is 9.59 Å².